The summed E-state index contributed by atoms with van der Waals surface area (Å²) < 4.78 is 33.1. The molecule has 0 atom stereocenters. The molecule has 1 fully saturated rings. The van der Waals surface area contributed by atoms with E-state index in [1.54, 1.807) is 59.5 Å². The molecule has 1 heterocycles. The fraction of sp³-hybridized carbons (Fsp3) is 0.240. The number of carbonyl (C=O) groups excluding carboxylic acids is 1. The van der Waals surface area contributed by atoms with Gasteiger partial charge < -0.3 is 14.5 Å². The van der Waals surface area contributed by atoms with Crippen LogP contribution in [0.5, 0.6) is 5.75 Å². The van der Waals surface area contributed by atoms with Crippen molar-refractivity contribution in [1.29, 1.82) is 0 Å². The van der Waals surface area contributed by atoms with Gasteiger partial charge in [0.1, 0.15) is 5.75 Å². The van der Waals surface area contributed by atoms with Crippen LogP contribution in [0.15, 0.2) is 71.6 Å². The maximum atomic E-state index is 13.0. The molecule has 1 aliphatic heterocycles. The zero-order chi connectivity index (χ0) is 24.3. The molecule has 1 saturated heterocycles. The molecule has 3 aromatic carbocycles. The number of aryl methyl sites for hydroxylation is 1. The van der Waals surface area contributed by atoms with E-state index in [9.17, 15) is 13.2 Å². The van der Waals surface area contributed by atoms with Crippen molar-refractivity contribution in [2.75, 3.05) is 42.9 Å². The van der Waals surface area contributed by atoms with Gasteiger partial charge in [0.05, 0.1) is 17.6 Å². The first-order valence-electron chi connectivity index (χ1n) is 10.8. The first kappa shape index (κ1) is 23.9. The highest BCUT2D eigenvalue weighted by Gasteiger charge is 2.25. The highest BCUT2D eigenvalue weighted by atomic mass is 35.5. The summed E-state index contributed by atoms with van der Waals surface area (Å²) in [5.41, 5.74) is 2.90. The Labute approximate surface area is 205 Å². The molecule has 0 saturated carbocycles. The van der Waals surface area contributed by atoms with Crippen molar-refractivity contribution in [3.8, 4) is 5.75 Å². The van der Waals surface area contributed by atoms with Crippen molar-refractivity contribution in [3.05, 3.63) is 82.9 Å². The quantitative estimate of drug-likeness (QED) is 0.543. The summed E-state index contributed by atoms with van der Waals surface area (Å²) in [6.45, 7) is 4.32. The molecule has 1 aliphatic rings. The Hall–Kier alpha value is -3.23. The van der Waals surface area contributed by atoms with Crippen LogP contribution in [0, 0.1) is 6.92 Å². The van der Waals surface area contributed by atoms with Crippen LogP contribution in [-0.2, 0) is 10.0 Å². The number of halogens is 1. The predicted molar refractivity (Wildman–Crippen MR) is 135 cm³/mol. The number of methoxy groups -OCH3 is 1. The molecule has 1 amide bonds. The normalized spacial score (nSPS) is 14.1. The molecule has 0 spiro atoms. The Balaban J connectivity index is 1.38. The monoisotopic (exact) mass is 499 g/mol. The maximum absolute atomic E-state index is 13.0. The second kappa shape index (κ2) is 9.95. The zero-order valence-electron chi connectivity index (χ0n) is 19.0. The third-order valence-electron chi connectivity index (χ3n) is 5.77. The van der Waals surface area contributed by atoms with Gasteiger partial charge in [0, 0.05) is 42.6 Å². The van der Waals surface area contributed by atoms with Gasteiger partial charge in [-0.25, -0.2) is 8.42 Å². The zero-order valence-corrected chi connectivity index (χ0v) is 20.6. The van der Waals surface area contributed by atoms with Crippen LogP contribution < -0.4 is 14.4 Å². The lowest BCUT2D eigenvalue weighted by Gasteiger charge is -2.36. The molecule has 0 aromatic heterocycles. The van der Waals surface area contributed by atoms with Gasteiger partial charge in [-0.1, -0.05) is 29.3 Å². The van der Waals surface area contributed by atoms with E-state index in [1.165, 1.54) is 7.11 Å². The number of carbonyl (C=O) groups is 1. The molecular formula is C25H26ClN3O4S. The van der Waals surface area contributed by atoms with E-state index in [4.69, 9.17) is 16.3 Å². The third-order valence-corrected chi connectivity index (χ3v) is 7.41. The van der Waals surface area contributed by atoms with E-state index < -0.39 is 10.0 Å². The number of anilines is 2. The first-order valence-corrected chi connectivity index (χ1v) is 12.7. The van der Waals surface area contributed by atoms with Gasteiger partial charge in [-0.05, 0) is 61.5 Å². The highest BCUT2D eigenvalue weighted by Crippen LogP contribution is 2.26. The summed E-state index contributed by atoms with van der Waals surface area (Å²) in [6.07, 6.45) is 0. The molecule has 4 rings (SSSR count). The van der Waals surface area contributed by atoms with Crippen molar-refractivity contribution in [2.45, 2.75) is 11.8 Å². The van der Waals surface area contributed by atoms with Crippen LogP contribution in [-0.4, -0.2) is 52.5 Å². The Morgan fingerprint density at radius 2 is 1.59 bits per heavy atom. The van der Waals surface area contributed by atoms with Gasteiger partial charge in [0.15, 0.2) is 0 Å². The summed E-state index contributed by atoms with van der Waals surface area (Å²) >= 11 is 6.08. The Bertz CT molecular complexity index is 1270. The van der Waals surface area contributed by atoms with Crippen molar-refractivity contribution in [3.63, 3.8) is 0 Å². The van der Waals surface area contributed by atoms with Crippen LogP contribution in [0.1, 0.15) is 15.9 Å². The number of piperazine rings is 1. The summed E-state index contributed by atoms with van der Waals surface area (Å²) in [7, 11) is -2.12. The number of hydrogen-bond acceptors (Lipinski definition) is 5. The van der Waals surface area contributed by atoms with Crippen LogP contribution in [0.25, 0.3) is 0 Å². The van der Waals surface area contributed by atoms with Crippen LogP contribution in [0.4, 0.5) is 11.4 Å². The van der Waals surface area contributed by atoms with Crippen molar-refractivity contribution >= 4 is 38.9 Å². The van der Waals surface area contributed by atoms with Crippen LogP contribution in [0.2, 0.25) is 5.02 Å². The molecule has 7 nitrogen and oxygen atoms in total. The Morgan fingerprint density at radius 3 is 2.21 bits per heavy atom. The van der Waals surface area contributed by atoms with E-state index in [0.29, 0.717) is 48.2 Å². The summed E-state index contributed by atoms with van der Waals surface area (Å²) in [4.78, 5) is 17.2. The summed E-state index contributed by atoms with van der Waals surface area (Å²) in [5.74, 6) is 0.389. The van der Waals surface area contributed by atoms with Crippen LogP contribution in [0.3, 0.4) is 0 Å². The van der Waals surface area contributed by atoms with Gasteiger partial charge in [-0.2, -0.15) is 0 Å². The molecule has 34 heavy (non-hydrogen) atoms. The fourth-order valence-electron chi connectivity index (χ4n) is 3.86. The smallest absolute Gasteiger partial charge is 0.261 e. The molecule has 0 unspecified atom stereocenters. The van der Waals surface area contributed by atoms with Gasteiger partial charge in [-0.3, -0.25) is 9.52 Å². The van der Waals surface area contributed by atoms with E-state index in [-0.39, 0.29) is 10.8 Å². The average molecular weight is 500 g/mol. The molecule has 0 aliphatic carbocycles. The molecule has 1 N–H and O–H groups in total. The molecule has 3 aromatic rings. The second-order valence-corrected chi connectivity index (χ2v) is 10.2. The van der Waals surface area contributed by atoms with E-state index in [2.05, 4.69) is 9.62 Å². The highest BCUT2D eigenvalue weighted by molar-refractivity contribution is 7.92. The fourth-order valence-corrected chi connectivity index (χ4v) is 5.09. The van der Waals surface area contributed by atoms with Crippen molar-refractivity contribution in [2.24, 2.45) is 0 Å². The van der Waals surface area contributed by atoms with E-state index in [0.717, 1.165) is 11.3 Å². The SMILES string of the molecule is COc1ccc(Cl)cc1C(=O)N1CCN(c2ccc(NS(=O)(=O)c3ccc(C)cc3)cc2)CC1. The van der Waals surface area contributed by atoms with Crippen molar-refractivity contribution in [1.82, 2.24) is 4.90 Å². The number of nitrogens with zero attached hydrogens (tertiary/aromatic N) is 2. The maximum Gasteiger partial charge on any atom is 0.261 e. The molecule has 0 radical (unpaired) electrons. The number of amides is 1. The number of rotatable bonds is 6. The summed E-state index contributed by atoms with van der Waals surface area (Å²) in [5, 5.41) is 0.487. The molecule has 0 bridgehead atoms. The topological polar surface area (TPSA) is 79.0 Å². The largest absolute Gasteiger partial charge is 0.496 e. The predicted octanol–water partition coefficient (Wildman–Crippen LogP) is 4.42. The molecule has 178 valence electrons. The number of benzene rings is 3. The van der Waals surface area contributed by atoms with Gasteiger partial charge in [0.25, 0.3) is 15.9 Å². The third kappa shape index (κ3) is 5.29. The lowest BCUT2D eigenvalue weighted by molar-refractivity contribution is 0.0743. The Kier molecular flexibility index (Phi) is 7.00. The lowest BCUT2D eigenvalue weighted by atomic mass is 10.1. The standard InChI is InChI=1S/C25H26ClN3O4S/c1-18-3-10-22(11-4-18)34(31,32)27-20-6-8-21(9-7-20)28-13-15-29(16-14-28)25(30)23-17-19(26)5-12-24(23)33-2/h3-12,17,27H,13-16H2,1-2H3. The minimum Gasteiger partial charge on any atom is -0.496 e. The number of nitrogens with one attached hydrogen (secondary N) is 1. The summed E-state index contributed by atoms with van der Waals surface area (Å²) in [6, 6.07) is 19.0. The van der Waals surface area contributed by atoms with E-state index >= 15 is 0 Å². The molecule has 9 heteroatoms. The second-order valence-electron chi connectivity index (χ2n) is 8.09. The first-order chi connectivity index (χ1) is 16.3. The Morgan fingerprint density at radius 1 is 0.941 bits per heavy atom. The molecular weight excluding hydrogens is 474 g/mol. The lowest BCUT2D eigenvalue weighted by Crippen LogP contribution is -2.48. The van der Waals surface area contributed by atoms with Crippen LogP contribution >= 0.6 is 11.6 Å². The minimum absolute atomic E-state index is 0.111. The number of hydrogen-bond donors (Lipinski definition) is 1. The van der Waals surface area contributed by atoms with Crippen molar-refractivity contribution < 1.29 is 17.9 Å². The average Bonchev–Trinajstić information content (AvgIpc) is 2.84. The van der Waals surface area contributed by atoms with E-state index in [1.807, 2.05) is 19.1 Å². The minimum atomic E-state index is -3.65. The van der Waals surface area contributed by atoms with Gasteiger partial charge in [0.2, 0.25) is 0 Å². The number of ether oxygens (including phenoxy) is 1. The van der Waals surface area contributed by atoms with Gasteiger partial charge in [-0.15, -0.1) is 0 Å². The number of sulfonamides is 1. The van der Waals surface area contributed by atoms with Gasteiger partial charge >= 0.3 is 0 Å².